The van der Waals surface area contributed by atoms with Crippen molar-refractivity contribution in [3.8, 4) is 5.75 Å². The van der Waals surface area contributed by atoms with Gasteiger partial charge in [-0.1, -0.05) is 11.6 Å². The first kappa shape index (κ1) is 14.8. The molecule has 0 unspecified atom stereocenters. The van der Waals surface area contributed by atoms with Crippen molar-refractivity contribution >= 4 is 50.1 Å². The molecule has 0 saturated heterocycles. The maximum atomic E-state index is 6.05. The minimum absolute atomic E-state index is 0.570. The molecule has 0 atom stereocenters. The standard InChI is InChI=1S/C16H16ClN3OS/c1-21-16-11-4-2-9(17)6-14(11)22-15(16)8-20-10-3-5-12(18)13(19)7-10/h2-7,20H,8,18-19H2,1H3. The maximum Gasteiger partial charge on any atom is 0.142 e. The molecule has 0 radical (unpaired) electrons. The van der Waals surface area contributed by atoms with Gasteiger partial charge >= 0.3 is 0 Å². The number of halogens is 1. The highest BCUT2D eigenvalue weighted by molar-refractivity contribution is 7.19. The van der Waals surface area contributed by atoms with Crippen molar-refractivity contribution < 1.29 is 4.74 Å². The Hall–Kier alpha value is -2.11. The molecule has 3 rings (SSSR count). The summed E-state index contributed by atoms with van der Waals surface area (Å²) in [7, 11) is 1.68. The molecule has 0 bridgehead atoms. The highest BCUT2D eigenvalue weighted by Crippen LogP contribution is 2.39. The van der Waals surface area contributed by atoms with Crippen molar-refractivity contribution in [3.05, 3.63) is 46.3 Å². The number of anilines is 3. The zero-order chi connectivity index (χ0) is 15.7. The third kappa shape index (κ3) is 2.77. The van der Waals surface area contributed by atoms with E-state index in [1.54, 1.807) is 24.5 Å². The number of nitrogens with two attached hydrogens (primary N) is 2. The van der Waals surface area contributed by atoms with Gasteiger partial charge in [-0.05, 0) is 36.4 Å². The summed E-state index contributed by atoms with van der Waals surface area (Å²) in [6.45, 7) is 0.642. The summed E-state index contributed by atoms with van der Waals surface area (Å²) < 4.78 is 6.66. The second-order valence-electron chi connectivity index (χ2n) is 4.90. The molecule has 0 aliphatic carbocycles. The Morgan fingerprint density at radius 3 is 2.68 bits per heavy atom. The normalized spacial score (nSPS) is 10.8. The third-order valence-electron chi connectivity index (χ3n) is 3.42. The number of rotatable bonds is 4. The van der Waals surface area contributed by atoms with Crippen molar-refractivity contribution in [1.82, 2.24) is 0 Å². The molecule has 22 heavy (non-hydrogen) atoms. The van der Waals surface area contributed by atoms with E-state index in [9.17, 15) is 0 Å². The predicted molar refractivity (Wildman–Crippen MR) is 96.0 cm³/mol. The Labute approximate surface area is 137 Å². The van der Waals surface area contributed by atoms with Crippen LogP contribution in [0.1, 0.15) is 4.88 Å². The van der Waals surface area contributed by atoms with Gasteiger partial charge in [0.05, 0.1) is 29.9 Å². The Balaban J connectivity index is 1.88. The Bertz CT molecular complexity index is 832. The van der Waals surface area contributed by atoms with Gasteiger partial charge in [0.2, 0.25) is 0 Å². The van der Waals surface area contributed by atoms with E-state index >= 15 is 0 Å². The smallest absolute Gasteiger partial charge is 0.142 e. The molecular weight excluding hydrogens is 318 g/mol. The lowest BCUT2D eigenvalue weighted by Crippen LogP contribution is -2.01. The van der Waals surface area contributed by atoms with Gasteiger partial charge in [-0.3, -0.25) is 0 Å². The van der Waals surface area contributed by atoms with Gasteiger partial charge in [0, 0.05) is 20.8 Å². The number of fused-ring (bicyclic) bond motifs is 1. The van der Waals surface area contributed by atoms with Crippen molar-refractivity contribution in [3.63, 3.8) is 0 Å². The van der Waals surface area contributed by atoms with Crippen LogP contribution in [0.5, 0.6) is 5.75 Å². The Morgan fingerprint density at radius 1 is 1.14 bits per heavy atom. The van der Waals surface area contributed by atoms with E-state index in [-0.39, 0.29) is 0 Å². The molecule has 5 N–H and O–H groups in total. The van der Waals surface area contributed by atoms with Crippen molar-refractivity contribution in [2.75, 3.05) is 23.9 Å². The van der Waals surface area contributed by atoms with Crippen LogP contribution in [0.3, 0.4) is 0 Å². The zero-order valence-electron chi connectivity index (χ0n) is 12.0. The van der Waals surface area contributed by atoms with Crippen LogP contribution in [0.15, 0.2) is 36.4 Å². The zero-order valence-corrected chi connectivity index (χ0v) is 13.6. The van der Waals surface area contributed by atoms with Gasteiger partial charge in [-0.15, -0.1) is 11.3 Å². The van der Waals surface area contributed by atoms with E-state index in [2.05, 4.69) is 5.32 Å². The van der Waals surface area contributed by atoms with E-state index in [0.29, 0.717) is 17.9 Å². The topological polar surface area (TPSA) is 73.3 Å². The van der Waals surface area contributed by atoms with Crippen LogP contribution < -0.4 is 21.5 Å². The number of thiophene rings is 1. The fraction of sp³-hybridized carbons (Fsp3) is 0.125. The molecular formula is C16H16ClN3OS. The average Bonchev–Trinajstić information content (AvgIpc) is 2.85. The summed E-state index contributed by atoms with van der Waals surface area (Å²) >= 11 is 7.71. The molecule has 0 spiro atoms. The summed E-state index contributed by atoms with van der Waals surface area (Å²) in [6.07, 6.45) is 0. The average molecular weight is 334 g/mol. The van der Waals surface area contributed by atoms with E-state index < -0.39 is 0 Å². The number of nitrogens with one attached hydrogen (secondary N) is 1. The number of nitrogen functional groups attached to an aromatic ring is 2. The summed E-state index contributed by atoms with van der Waals surface area (Å²) in [4.78, 5) is 1.11. The van der Waals surface area contributed by atoms with E-state index in [1.165, 1.54) is 0 Å². The Kier molecular flexibility index (Phi) is 4.00. The number of ether oxygens (including phenoxy) is 1. The lowest BCUT2D eigenvalue weighted by atomic mass is 10.2. The Morgan fingerprint density at radius 2 is 1.95 bits per heavy atom. The number of benzene rings is 2. The quantitative estimate of drug-likeness (QED) is 0.621. The van der Waals surface area contributed by atoms with Gasteiger partial charge in [0.25, 0.3) is 0 Å². The fourth-order valence-corrected chi connectivity index (χ4v) is 3.69. The maximum absolute atomic E-state index is 6.05. The second kappa shape index (κ2) is 5.94. The minimum Gasteiger partial charge on any atom is -0.495 e. The molecule has 0 aliphatic heterocycles. The van der Waals surface area contributed by atoms with E-state index in [0.717, 1.165) is 31.4 Å². The van der Waals surface area contributed by atoms with Crippen LogP contribution in [-0.4, -0.2) is 7.11 Å². The van der Waals surface area contributed by atoms with Crippen molar-refractivity contribution in [1.29, 1.82) is 0 Å². The molecule has 1 aromatic heterocycles. The lowest BCUT2D eigenvalue weighted by molar-refractivity contribution is 0.417. The highest BCUT2D eigenvalue weighted by atomic mass is 35.5. The van der Waals surface area contributed by atoms with Crippen LogP contribution in [0, 0.1) is 0 Å². The van der Waals surface area contributed by atoms with Crippen molar-refractivity contribution in [2.24, 2.45) is 0 Å². The first-order valence-corrected chi connectivity index (χ1v) is 7.91. The second-order valence-corrected chi connectivity index (χ2v) is 6.47. The summed E-state index contributed by atoms with van der Waals surface area (Å²) in [5.41, 5.74) is 13.6. The first-order valence-electron chi connectivity index (χ1n) is 6.72. The predicted octanol–water partition coefficient (Wildman–Crippen LogP) is 4.34. The lowest BCUT2D eigenvalue weighted by Gasteiger charge is -2.08. The van der Waals surface area contributed by atoms with Gasteiger partial charge in [0.15, 0.2) is 0 Å². The summed E-state index contributed by atoms with van der Waals surface area (Å²) in [6, 6.07) is 11.3. The monoisotopic (exact) mass is 333 g/mol. The minimum atomic E-state index is 0.570. The van der Waals surface area contributed by atoms with Crippen LogP contribution >= 0.6 is 22.9 Å². The fourth-order valence-electron chi connectivity index (χ4n) is 2.30. The summed E-state index contributed by atoms with van der Waals surface area (Å²) in [5.74, 6) is 0.882. The van der Waals surface area contributed by atoms with Crippen LogP contribution in [-0.2, 0) is 6.54 Å². The van der Waals surface area contributed by atoms with Crippen LogP contribution in [0.25, 0.3) is 10.1 Å². The number of hydrogen-bond donors (Lipinski definition) is 3. The molecule has 0 saturated carbocycles. The number of hydrogen-bond acceptors (Lipinski definition) is 5. The SMILES string of the molecule is COc1c(CNc2ccc(N)c(N)c2)sc2cc(Cl)ccc12. The molecule has 6 heteroatoms. The third-order valence-corrected chi connectivity index (χ3v) is 4.79. The molecule has 0 aliphatic rings. The number of methoxy groups -OCH3 is 1. The van der Waals surface area contributed by atoms with Gasteiger partial charge < -0.3 is 21.5 Å². The van der Waals surface area contributed by atoms with Crippen LogP contribution in [0.2, 0.25) is 5.02 Å². The van der Waals surface area contributed by atoms with Crippen LogP contribution in [0.4, 0.5) is 17.1 Å². The van der Waals surface area contributed by atoms with Gasteiger partial charge in [0.1, 0.15) is 5.75 Å². The first-order chi connectivity index (χ1) is 10.6. The van der Waals surface area contributed by atoms with E-state index in [1.807, 2.05) is 30.3 Å². The molecule has 0 amide bonds. The van der Waals surface area contributed by atoms with Crippen molar-refractivity contribution in [2.45, 2.75) is 6.54 Å². The molecule has 114 valence electrons. The summed E-state index contributed by atoms with van der Waals surface area (Å²) in [5, 5.41) is 5.14. The largest absolute Gasteiger partial charge is 0.495 e. The molecule has 4 nitrogen and oxygen atoms in total. The molecule has 0 fully saturated rings. The van der Waals surface area contributed by atoms with E-state index in [4.69, 9.17) is 27.8 Å². The molecule has 2 aromatic carbocycles. The van der Waals surface area contributed by atoms with Gasteiger partial charge in [-0.25, -0.2) is 0 Å². The molecule has 3 aromatic rings. The molecule has 1 heterocycles. The van der Waals surface area contributed by atoms with Gasteiger partial charge in [-0.2, -0.15) is 0 Å². The highest BCUT2D eigenvalue weighted by Gasteiger charge is 2.13.